The fourth-order valence-corrected chi connectivity index (χ4v) is 1.54. The monoisotopic (exact) mass is 298 g/mol. The number of rotatable bonds is 6. The third-order valence-corrected chi connectivity index (χ3v) is 3.48. The average molecular weight is 298 g/mol. The van der Waals surface area contributed by atoms with E-state index >= 15 is 0 Å². The summed E-state index contributed by atoms with van der Waals surface area (Å²) < 4.78 is 21.7. The van der Waals surface area contributed by atoms with E-state index in [1.807, 2.05) is 13.8 Å². The molecule has 0 aliphatic heterocycles. The summed E-state index contributed by atoms with van der Waals surface area (Å²) in [6.45, 7) is 7.03. The van der Waals surface area contributed by atoms with E-state index in [4.69, 9.17) is 18.9 Å². The second kappa shape index (κ2) is 6.94. The van der Waals surface area contributed by atoms with E-state index in [0.717, 1.165) is 0 Å². The maximum Gasteiger partial charge on any atom is 0.203 e. The smallest absolute Gasteiger partial charge is 0.203 e. The van der Waals surface area contributed by atoms with Gasteiger partial charge >= 0.3 is 0 Å². The molecule has 0 unspecified atom stereocenters. The molecule has 120 valence electrons. The molecule has 1 rings (SSSR count). The Kier molecular flexibility index (Phi) is 6.42. The van der Waals surface area contributed by atoms with Gasteiger partial charge in [-0.15, -0.1) is 0 Å². The molecule has 0 saturated carbocycles. The second-order valence-electron chi connectivity index (χ2n) is 5.53. The van der Waals surface area contributed by atoms with Crippen LogP contribution in [-0.4, -0.2) is 46.1 Å². The third kappa shape index (κ3) is 4.20. The lowest BCUT2D eigenvalue weighted by atomic mass is 9.89. The van der Waals surface area contributed by atoms with Gasteiger partial charge in [0.25, 0.3) is 0 Å². The van der Waals surface area contributed by atoms with Gasteiger partial charge in [0, 0.05) is 12.1 Å². The molecule has 0 bridgehead atoms. The van der Waals surface area contributed by atoms with Gasteiger partial charge in [-0.1, -0.05) is 0 Å². The molecular formula is C15H27BO5. The van der Waals surface area contributed by atoms with Crippen molar-refractivity contribution in [1.82, 2.24) is 0 Å². The highest BCUT2D eigenvalue weighted by molar-refractivity contribution is 5.75. The molecule has 1 aromatic rings. The molecule has 0 spiro atoms. The highest BCUT2D eigenvalue weighted by atomic mass is 16.5. The molecule has 21 heavy (non-hydrogen) atoms. The molecule has 0 heterocycles. The van der Waals surface area contributed by atoms with Crippen molar-refractivity contribution in [2.75, 3.05) is 21.3 Å². The van der Waals surface area contributed by atoms with Gasteiger partial charge in [0.15, 0.2) is 11.5 Å². The number of hydrogen-bond donors (Lipinski definition) is 1. The lowest BCUT2D eigenvalue weighted by molar-refractivity contribution is -0.0907. The number of benzene rings is 1. The van der Waals surface area contributed by atoms with Crippen LogP contribution in [0.2, 0.25) is 0 Å². The molecule has 0 fully saturated rings. The molecule has 6 heteroatoms. The van der Waals surface area contributed by atoms with Crippen LogP contribution in [-0.2, 0) is 0 Å². The van der Waals surface area contributed by atoms with Crippen LogP contribution < -0.4 is 18.9 Å². The standard InChI is InChI=1S/C15H24O5.BH3/c1-14(2,16)15(3,4)20-10-8-11(17-5)13(19-7)12(9-10)18-6;/h8-9,16H,1-7H3;1H3. The van der Waals surface area contributed by atoms with E-state index < -0.39 is 11.2 Å². The van der Waals surface area contributed by atoms with Gasteiger partial charge in [0.05, 0.1) is 35.3 Å². The minimum Gasteiger partial charge on any atom is -0.493 e. The van der Waals surface area contributed by atoms with E-state index in [9.17, 15) is 5.11 Å². The summed E-state index contributed by atoms with van der Waals surface area (Å²) in [5, 5.41) is 10.1. The molecule has 0 saturated heterocycles. The first-order valence-corrected chi connectivity index (χ1v) is 6.37. The summed E-state index contributed by atoms with van der Waals surface area (Å²) in [5.74, 6) is 2.05. The first-order chi connectivity index (χ1) is 9.16. The van der Waals surface area contributed by atoms with Crippen molar-refractivity contribution in [3.63, 3.8) is 0 Å². The van der Waals surface area contributed by atoms with Crippen LogP contribution in [0, 0.1) is 0 Å². The van der Waals surface area contributed by atoms with Crippen LogP contribution >= 0.6 is 0 Å². The topological polar surface area (TPSA) is 57.2 Å². The zero-order valence-corrected chi connectivity index (χ0v) is 13.2. The molecule has 5 nitrogen and oxygen atoms in total. The molecule has 0 atom stereocenters. The highest BCUT2D eigenvalue weighted by Crippen LogP contribution is 2.42. The maximum atomic E-state index is 10.1. The van der Waals surface area contributed by atoms with Crippen LogP contribution in [0.4, 0.5) is 0 Å². The van der Waals surface area contributed by atoms with Crippen molar-refractivity contribution >= 4 is 8.41 Å². The van der Waals surface area contributed by atoms with Crippen LogP contribution in [0.5, 0.6) is 23.0 Å². The summed E-state index contributed by atoms with van der Waals surface area (Å²) in [6, 6.07) is 3.41. The van der Waals surface area contributed by atoms with Crippen molar-refractivity contribution in [3.05, 3.63) is 12.1 Å². The van der Waals surface area contributed by atoms with Crippen LogP contribution in [0.25, 0.3) is 0 Å². The summed E-state index contributed by atoms with van der Waals surface area (Å²) in [4.78, 5) is 0. The average Bonchev–Trinajstić information content (AvgIpc) is 2.35. The van der Waals surface area contributed by atoms with E-state index in [1.165, 1.54) is 0 Å². The minimum atomic E-state index is -1.01. The first kappa shape index (κ1) is 19.4. The van der Waals surface area contributed by atoms with Crippen LogP contribution in [0.1, 0.15) is 27.7 Å². The quantitative estimate of drug-likeness (QED) is 0.806. The largest absolute Gasteiger partial charge is 0.493 e. The number of ether oxygens (including phenoxy) is 4. The van der Waals surface area contributed by atoms with Crippen molar-refractivity contribution in [3.8, 4) is 23.0 Å². The van der Waals surface area contributed by atoms with Gasteiger partial charge in [-0.3, -0.25) is 0 Å². The normalized spacial score (nSPS) is 11.4. The fraction of sp³-hybridized carbons (Fsp3) is 0.600. The van der Waals surface area contributed by atoms with Crippen LogP contribution in [0.15, 0.2) is 12.1 Å². The Bertz CT molecular complexity index is 441. The third-order valence-electron chi connectivity index (χ3n) is 3.48. The van der Waals surface area contributed by atoms with Gasteiger partial charge in [0.2, 0.25) is 5.75 Å². The molecule has 0 aliphatic carbocycles. The Labute approximate surface area is 128 Å². The number of hydrogen-bond acceptors (Lipinski definition) is 5. The molecule has 0 radical (unpaired) electrons. The Morgan fingerprint density at radius 3 is 1.57 bits per heavy atom. The maximum absolute atomic E-state index is 10.1. The van der Waals surface area contributed by atoms with Gasteiger partial charge in [-0.25, -0.2) is 0 Å². The highest BCUT2D eigenvalue weighted by Gasteiger charge is 2.37. The second-order valence-corrected chi connectivity index (χ2v) is 5.53. The number of methoxy groups -OCH3 is 3. The first-order valence-electron chi connectivity index (χ1n) is 6.37. The predicted molar refractivity (Wildman–Crippen MR) is 87.0 cm³/mol. The molecule has 0 aromatic heterocycles. The minimum absolute atomic E-state index is 0. The van der Waals surface area contributed by atoms with E-state index in [-0.39, 0.29) is 8.41 Å². The Morgan fingerprint density at radius 2 is 1.29 bits per heavy atom. The van der Waals surface area contributed by atoms with Crippen molar-refractivity contribution in [2.24, 2.45) is 0 Å². The van der Waals surface area contributed by atoms with Crippen molar-refractivity contribution in [2.45, 2.75) is 38.9 Å². The van der Waals surface area contributed by atoms with Crippen molar-refractivity contribution < 1.29 is 24.1 Å². The summed E-state index contributed by atoms with van der Waals surface area (Å²) in [6.07, 6.45) is 0. The van der Waals surface area contributed by atoms with E-state index in [1.54, 1.807) is 47.3 Å². The Balaban J connectivity index is 0.00000400. The Hall–Kier alpha value is -1.56. The molecular weight excluding hydrogens is 271 g/mol. The SMILES string of the molecule is B.COc1cc(OC(C)(C)C(C)(C)O)cc(OC)c1OC. The zero-order chi connectivity index (χ0) is 15.6. The van der Waals surface area contributed by atoms with Gasteiger partial charge in [0.1, 0.15) is 11.4 Å². The van der Waals surface area contributed by atoms with Crippen molar-refractivity contribution in [1.29, 1.82) is 0 Å². The van der Waals surface area contributed by atoms with Crippen LogP contribution in [0.3, 0.4) is 0 Å². The number of aliphatic hydroxyl groups is 1. The predicted octanol–water partition coefficient (Wildman–Crippen LogP) is 1.46. The summed E-state index contributed by atoms with van der Waals surface area (Å²) >= 11 is 0. The van der Waals surface area contributed by atoms with Gasteiger partial charge < -0.3 is 24.1 Å². The molecule has 0 aliphatic rings. The molecule has 1 N–H and O–H groups in total. The lowest BCUT2D eigenvalue weighted by Crippen LogP contribution is -2.49. The Morgan fingerprint density at radius 1 is 0.857 bits per heavy atom. The van der Waals surface area contributed by atoms with Gasteiger partial charge in [-0.2, -0.15) is 0 Å². The summed E-state index contributed by atoms with van der Waals surface area (Å²) in [5.41, 5.74) is -1.79. The lowest BCUT2D eigenvalue weighted by Gasteiger charge is -2.37. The zero-order valence-electron chi connectivity index (χ0n) is 13.2. The van der Waals surface area contributed by atoms with E-state index in [0.29, 0.717) is 23.0 Å². The molecule has 0 amide bonds. The fourth-order valence-electron chi connectivity index (χ4n) is 1.54. The van der Waals surface area contributed by atoms with Gasteiger partial charge in [-0.05, 0) is 27.7 Å². The van der Waals surface area contributed by atoms with E-state index in [2.05, 4.69) is 0 Å². The molecule has 1 aromatic carbocycles. The summed E-state index contributed by atoms with van der Waals surface area (Å²) in [7, 11) is 4.63.